The molecule has 2 aromatic rings. The molecule has 1 aromatic carbocycles. The molecule has 172 valence electrons. The van der Waals surface area contributed by atoms with Crippen LogP contribution in [-0.4, -0.2) is 42.8 Å². The number of piperidine rings is 1. The number of fused-ring (bicyclic) bond motifs is 1. The molecule has 0 bridgehead atoms. The largest absolute Gasteiger partial charge is 0.420 e. The maximum atomic E-state index is 13.1. The number of carbonyl (C=O) groups is 1. The number of oxazole rings is 1. The van der Waals surface area contributed by atoms with Crippen LogP contribution in [0.1, 0.15) is 59.4 Å². The van der Waals surface area contributed by atoms with Crippen LogP contribution in [0.2, 0.25) is 0 Å². The van der Waals surface area contributed by atoms with E-state index >= 15 is 0 Å². The van der Waals surface area contributed by atoms with Gasteiger partial charge >= 0.3 is 5.76 Å². The van der Waals surface area contributed by atoms with Crippen molar-refractivity contribution in [1.82, 2.24) is 14.2 Å². The molecular formula is C22H33N3O5S. The molecule has 1 fully saturated rings. The van der Waals surface area contributed by atoms with Crippen molar-refractivity contribution in [2.45, 2.75) is 64.3 Å². The molecule has 3 rings (SSSR count). The summed E-state index contributed by atoms with van der Waals surface area (Å²) in [5, 5.41) is 2.95. The van der Waals surface area contributed by atoms with Crippen molar-refractivity contribution in [2.75, 3.05) is 19.6 Å². The minimum absolute atomic E-state index is 0.0390. The van der Waals surface area contributed by atoms with Gasteiger partial charge < -0.3 is 9.73 Å². The maximum absolute atomic E-state index is 13.1. The Morgan fingerprint density at radius 2 is 1.87 bits per heavy atom. The van der Waals surface area contributed by atoms with Gasteiger partial charge in [-0.2, -0.15) is 4.31 Å². The Kier molecular flexibility index (Phi) is 7.26. The van der Waals surface area contributed by atoms with Crippen LogP contribution in [0.3, 0.4) is 0 Å². The SMILES string of the molecule is CC(C)CCNC(=O)CC1CCN(S(=O)(=O)c2ccc3c(c2)oc(=O)n3C(C)C)CC1. The number of nitrogens with zero attached hydrogens (tertiary/aromatic N) is 2. The third-order valence-electron chi connectivity index (χ3n) is 5.83. The quantitative estimate of drug-likeness (QED) is 0.664. The van der Waals surface area contributed by atoms with Crippen LogP contribution >= 0.6 is 0 Å². The summed E-state index contributed by atoms with van der Waals surface area (Å²) in [5.41, 5.74) is 0.855. The van der Waals surface area contributed by atoms with Crippen LogP contribution < -0.4 is 11.1 Å². The monoisotopic (exact) mass is 451 g/mol. The Morgan fingerprint density at radius 3 is 2.48 bits per heavy atom. The van der Waals surface area contributed by atoms with Gasteiger partial charge in [0.2, 0.25) is 15.9 Å². The lowest BCUT2D eigenvalue weighted by atomic mass is 9.94. The fourth-order valence-corrected chi connectivity index (χ4v) is 5.49. The minimum atomic E-state index is -3.69. The van der Waals surface area contributed by atoms with Crippen LogP contribution in [-0.2, 0) is 14.8 Å². The molecule has 0 saturated carbocycles. The van der Waals surface area contributed by atoms with Crippen molar-refractivity contribution in [1.29, 1.82) is 0 Å². The third kappa shape index (κ3) is 5.38. The average Bonchev–Trinajstić information content (AvgIpc) is 3.03. The Bertz CT molecular complexity index is 1080. The van der Waals surface area contributed by atoms with E-state index in [9.17, 15) is 18.0 Å². The van der Waals surface area contributed by atoms with Gasteiger partial charge in [0, 0.05) is 38.2 Å². The molecule has 31 heavy (non-hydrogen) atoms. The predicted molar refractivity (Wildman–Crippen MR) is 119 cm³/mol. The third-order valence-corrected chi connectivity index (χ3v) is 7.73. The smallest absolute Gasteiger partial charge is 0.408 e. The molecule has 1 aromatic heterocycles. The zero-order valence-corrected chi connectivity index (χ0v) is 19.6. The molecule has 0 unspecified atom stereocenters. The Labute approximate surface area is 183 Å². The molecular weight excluding hydrogens is 418 g/mol. The molecule has 0 atom stereocenters. The zero-order valence-electron chi connectivity index (χ0n) is 18.8. The van der Waals surface area contributed by atoms with Crippen molar-refractivity contribution in [3.05, 3.63) is 28.7 Å². The summed E-state index contributed by atoms with van der Waals surface area (Å²) < 4.78 is 34.5. The van der Waals surface area contributed by atoms with E-state index in [1.54, 1.807) is 6.07 Å². The highest BCUT2D eigenvalue weighted by Crippen LogP contribution is 2.28. The first-order valence-corrected chi connectivity index (χ1v) is 12.5. The van der Waals surface area contributed by atoms with Crippen molar-refractivity contribution in [3.8, 4) is 0 Å². The standard InChI is InChI=1S/C22H33N3O5S/c1-15(2)7-10-23-21(26)13-17-8-11-24(12-9-17)31(28,29)18-5-6-19-20(14-18)30-22(27)25(19)16(3)4/h5-6,14-17H,7-13H2,1-4H3,(H,23,26). The van der Waals surface area contributed by atoms with Crippen molar-refractivity contribution >= 4 is 27.0 Å². The molecule has 0 aliphatic carbocycles. The number of carbonyl (C=O) groups excluding carboxylic acids is 1. The van der Waals surface area contributed by atoms with E-state index in [1.165, 1.54) is 21.0 Å². The Morgan fingerprint density at radius 1 is 1.19 bits per heavy atom. The van der Waals surface area contributed by atoms with E-state index in [0.717, 1.165) is 6.42 Å². The highest BCUT2D eigenvalue weighted by atomic mass is 32.2. The van der Waals surface area contributed by atoms with Crippen molar-refractivity contribution in [3.63, 3.8) is 0 Å². The van der Waals surface area contributed by atoms with Gasteiger partial charge in [-0.05, 0) is 57.1 Å². The topological polar surface area (TPSA) is 102 Å². The molecule has 1 saturated heterocycles. The van der Waals surface area contributed by atoms with Gasteiger partial charge in [-0.1, -0.05) is 13.8 Å². The lowest BCUT2D eigenvalue weighted by Gasteiger charge is -2.31. The molecule has 1 aliphatic rings. The average molecular weight is 452 g/mol. The van der Waals surface area contributed by atoms with Gasteiger partial charge in [0.15, 0.2) is 5.58 Å². The van der Waals surface area contributed by atoms with E-state index in [4.69, 9.17) is 4.42 Å². The first-order valence-electron chi connectivity index (χ1n) is 11.0. The summed E-state index contributed by atoms with van der Waals surface area (Å²) in [7, 11) is -3.69. The number of aromatic nitrogens is 1. The molecule has 1 amide bonds. The van der Waals surface area contributed by atoms with Crippen LogP contribution in [0.15, 0.2) is 32.3 Å². The number of benzene rings is 1. The van der Waals surface area contributed by atoms with E-state index in [0.29, 0.717) is 50.3 Å². The fourth-order valence-electron chi connectivity index (χ4n) is 4.00. The van der Waals surface area contributed by atoms with E-state index in [1.807, 2.05) is 13.8 Å². The summed E-state index contributed by atoms with van der Waals surface area (Å²) >= 11 is 0. The number of sulfonamides is 1. The maximum Gasteiger partial charge on any atom is 0.420 e. The molecule has 1 N–H and O–H groups in total. The van der Waals surface area contributed by atoms with Crippen LogP contribution in [0.5, 0.6) is 0 Å². The lowest BCUT2D eigenvalue weighted by molar-refractivity contribution is -0.122. The number of rotatable bonds is 8. The predicted octanol–water partition coefficient (Wildman–Crippen LogP) is 3.13. The summed E-state index contributed by atoms with van der Waals surface area (Å²) in [6, 6.07) is 4.50. The molecule has 8 nitrogen and oxygen atoms in total. The summed E-state index contributed by atoms with van der Waals surface area (Å²) in [6.07, 6.45) is 2.69. The minimum Gasteiger partial charge on any atom is -0.408 e. The highest BCUT2D eigenvalue weighted by molar-refractivity contribution is 7.89. The highest BCUT2D eigenvalue weighted by Gasteiger charge is 2.31. The van der Waals surface area contributed by atoms with E-state index < -0.39 is 15.8 Å². The van der Waals surface area contributed by atoms with Crippen molar-refractivity contribution < 1.29 is 17.6 Å². The number of nitrogens with one attached hydrogen (secondary N) is 1. The first-order chi connectivity index (χ1) is 14.6. The summed E-state index contributed by atoms with van der Waals surface area (Å²) in [4.78, 5) is 24.3. The fraction of sp³-hybridized carbons (Fsp3) is 0.636. The zero-order chi connectivity index (χ0) is 22.8. The molecule has 0 radical (unpaired) electrons. The molecule has 1 aliphatic heterocycles. The molecule has 0 spiro atoms. The molecule has 2 heterocycles. The molecule has 9 heteroatoms. The number of amides is 1. The van der Waals surface area contributed by atoms with E-state index in [2.05, 4.69) is 19.2 Å². The van der Waals surface area contributed by atoms with Gasteiger partial charge in [0.1, 0.15) is 0 Å². The second-order valence-electron chi connectivity index (χ2n) is 9.05. The van der Waals surface area contributed by atoms with Crippen LogP contribution in [0.25, 0.3) is 11.1 Å². The van der Waals surface area contributed by atoms with E-state index in [-0.39, 0.29) is 28.3 Å². The number of hydrogen-bond donors (Lipinski definition) is 1. The van der Waals surface area contributed by atoms with Crippen LogP contribution in [0.4, 0.5) is 0 Å². The Hall–Kier alpha value is -2.13. The summed E-state index contributed by atoms with van der Waals surface area (Å²) in [6.45, 7) is 9.41. The van der Waals surface area contributed by atoms with Gasteiger partial charge in [-0.15, -0.1) is 0 Å². The van der Waals surface area contributed by atoms with Crippen molar-refractivity contribution in [2.24, 2.45) is 11.8 Å². The summed E-state index contributed by atoms with van der Waals surface area (Å²) in [5.74, 6) is 0.278. The second-order valence-corrected chi connectivity index (χ2v) is 11.0. The Balaban J connectivity index is 1.63. The van der Waals surface area contributed by atoms with Gasteiger partial charge in [0.25, 0.3) is 0 Å². The number of hydrogen-bond acceptors (Lipinski definition) is 5. The van der Waals surface area contributed by atoms with Crippen LogP contribution in [0, 0.1) is 11.8 Å². The normalized spacial score (nSPS) is 16.5. The van der Waals surface area contributed by atoms with Gasteiger partial charge in [-0.3, -0.25) is 9.36 Å². The lowest BCUT2D eigenvalue weighted by Crippen LogP contribution is -2.39. The first kappa shape index (κ1) is 23.5. The second kappa shape index (κ2) is 9.56. The van der Waals surface area contributed by atoms with Gasteiger partial charge in [0.05, 0.1) is 10.4 Å². The van der Waals surface area contributed by atoms with Gasteiger partial charge in [-0.25, -0.2) is 13.2 Å².